The van der Waals surface area contributed by atoms with Gasteiger partial charge in [-0.15, -0.1) is 0 Å². The summed E-state index contributed by atoms with van der Waals surface area (Å²) in [7, 11) is 0. The van der Waals surface area contributed by atoms with E-state index in [1.54, 1.807) is 19.1 Å². The zero-order valence-electron chi connectivity index (χ0n) is 7.35. The highest BCUT2D eigenvalue weighted by Crippen LogP contribution is 2.39. The van der Waals surface area contributed by atoms with Gasteiger partial charge in [-0.1, -0.05) is 6.07 Å². The number of rotatable bonds is 2. The monoisotopic (exact) mass is 222 g/mol. The van der Waals surface area contributed by atoms with Crippen LogP contribution in [0.25, 0.3) is 0 Å². The van der Waals surface area contributed by atoms with Crippen LogP contribution in [0.5, 0.6) is 0 Å². The number of halogens is 3. The third-order valence-electron chi connectivity index (χ3n) is 1.58. The van der Waals surface area contributed by atoms with Crippen molar-refractivity contribution in [1.82, 2.24) is 0 Å². The summed E-state index contributed by atoms with van der Waals surface area (Å²) in [4.78, 5) is 0.160. The molecule has 0 aliphatic heterocycles. The fraction of sp³-hybridized carbons (Fsp3) is 0.250. The van der Waals surface area contributed by atoms with Gasteiger partial charge in [-0.2, -0.15) is 13.2 Å². The molecule has 0 aliphatic rings. The fourth-order valence-electron chi connectivity index (χ4n) is 0.925. The number of nitrogens with two attached hydrogens (primary N) is 1. The van der Waals surface area contributed by atoms with Crippen LogP contribution in [0.1, 0.15) is 5.56 Å². The lowest BCUT2D eigenvalue weighted by Crippen LogP contribution is -2.07. The molecule has 1 aromatic rings. The van der Waals surface area contributed by atoms with E-state index in [1.807, 2.05) is 0 Å². The van der Waals surface area contributed by atoms with Crippen molar-refractivity contribution in [2.24, 2.45) is 5.84 Å². The largest absolute Gasteiger partial charge is 0.446 e. The molecule has 0 radical (unpaired) electrons. The number of benzene rings is 1. The summed E-state index contributed by atoms with van der Waals surface area (Å²) in [6, 6.07) is 4.58. The summed E-state index contributed by atoms with van der Waals surface area (Å²) in [6.45, 7) is 1.62. The van der Waals surface area contributed by atoms with E-state index >= 15 is 0 Å². The summed E-state index contributed by atoms with van der Waals surface area (Å²) in [6.07, 6.45) is 0. The van der Waals surface area contributed by atoms with E-state index in [4.69, 9.17) is 5.84 Å². The van der Waals surface area contributed by atoms with Crippen LogP contribution in [0, 0.1) is 6.92 Å². The van der Waals surface area contributed by atoms with E-state index in [1.165, 1.54) is 6.07 Å². The summed E-state index contributed by atoms with van der Waals surface area (Å²) >= 11 is -0.139. The highest BCUT2D eigenvalue weighted by Gasteiger charge is 2.29. The first-order valence-corrected chi connectivity index (χ1v) is 4.57. The molecule has 0 aromatic heterocycles. The van der Waals surface area contributed by atoms with Crippen molar-refractivity contribution in [1.29, 1.82) is 0 Å². The van der Waals surface area contributed by atoms with Crippen LogP contribution in [0.2, 0.25) is 0 Å². The SMILES string of the molecule is Cc1ccc(NN)cc1SC(F)(F)F. The lowest BCUT2D eigenvalue weighted by molar-refractivity contribution is -0.0328. The van der Waals surface area contributed by atoms with Crippen LogP contribution >= 0.6 is 11.8 Å². The van der Waals surface area contributed by atoms with E-state index in [9.17, 15) is 13.2 Å². The van der Waals surface area contributed by atoms with Crippen LogP contribution in [0.3, 0.4) is 0 Å². The average Bonchev–Trinajstić information content (AvgIpc) is 2.06. The Bertz CT molecular complexity index is 325. The van der Waals surface area contributed by atoms with Gasteiger partial charge in [-0.05, 0) is 36.4 Å². The van der Waals surface area contributed by atoms with Crippen LogP contribution in [-0.2, 0) is 0 Å². The second kappa shape index (κ2) is 4.10. The Balaban J connectivity index is 2.95. The number of nitrogens with one attached hydrogen (secondary N) is 1. The van der Waals surface area contributed by atoms with Crippen LogP contribution in [0.4, 0.5) is 18.9 Å². The maximum atomic E-state index is 12.1. The van der Waals surface area contributed by atoms with Gasteiger partial charge in [0.15, 0.2) is 0 Å². The maximum Gasteiger partial charge on any atom is 0.446 e. The van der Waals surface area contributed by atoms with Crippen LogP contribution in [-0.4, -0.2) is 5.51 Å². The van der Waals surface area contributed by atoms with Crippen molar-refractivity contribution in [3.63, 3.8) is 0 Å². The van der Waals surface area contributed by atoms with Gasteiger partial charge < -0.3 is 5.43 Å². The van der Waals surface area contributed by atoms with Crippen LogP contribution in [0.15, 0.2) is 23.1 Å². The number of anilines is 1. The molecule has 6 heteroatoms. The Morgan fingerprint density at radius 2 is 2.00 bits per heavy atom. The highest BCUT2D eigenvalue weighted by atomic mass is 32.2. The number of nitrogen functional groups attached to an aromatic ring is 1. The van der Waals surface area contributed by atoms with Crippen molar-refractivity contribution < 1.29 is 13.2 Å². The molecule has 1 aromatic carbocycles. The second-order valence-electron chi connectivity index (χ2n) is 2.67. The molecule has 0 spiro atoms. The van der Waals surface area contributed by atoms with E-state index in [0.29, 0.717) is 11.3 Å². The highest BCUT2D eigenvalue weighted by molar-refractivity contribution is 8.00. The molecule has 0 bridgehead atoms. The van der Waals surface area contributed by atoms with Crippen molar-refractivity contribution in [2.75, 3.05) is 5.43 Å². The van der Waals surface area contributed by atoms with Gasteiger partial charge in [-0.25, -0.2) is 0 Å². The second-order valence-corrected chi connectivity index (χ2v) is 3.78. The normalized spacial score (nSPS) is 11.5. The molecule has 3 N–H and O–H groups in total. The zero-order valence-corrected chi connectivity index (χ0v) is 8.17. The van der Waals surface area contributed by atoms with E-state index in [-0.39, 0.29) is 16.7 Å². The van der Waals surface area contributed by atoms with Gasteiger partial charge in [-0.3, -0.25) is 5.84 Å². The van der Waals surface area contributed by atoms with Gasteiger partial charge in [0.1, 0.15) is 0 Å². The smallest absolute Gasteiger partial charge is 0.324 e. The first-order valence-electron chi connectivity index (χ1n) is 3.75. The topological polar surface area (TPSA) is 38.0 Å². The van der Waals surface area contributed by atoms with Gasteiger partial charge in [0, 0.05) is 10.6 Å². The molecule has 0 aliphatic carbocycles. The molecule has 14 heavy (non-hydrogen) atoms. The van der Waals surface area contributed by atoms with Crippen molar-refractivity contribution in [2.45, 2.75) is 17.3 Å². The number of alkyl halides is 3. The van der Waals surface area contributed by atoms with Gasteiger partial charge in [0.25, 0.3) is 0 Å². The molecule has 0 saturated carbocycles. The first kappa shape index (κ1) is 11.2. The van der Waals surface area contributed by atoms with Crippen molar-refractivity contribution >= 4 is 17.4 Å². The Morgan fingerprint density at radius 1 is 1.36 bits per heavy atom. The zero-order chi connectivity index (χ0) is 10.8. The van der Waals surface area contributed by atoms with E-state index < -0.39 is 5.51 Å². The van der Waals surface area contributed by atoms with Gasteiger partial charge in [0.2, 0.25) is 0 Å². The van der Waals surface area contributed by atoms with Gasteiger partial charge >= 0.3 is 5.51 Å². The maximum absolute atomic E-state index is 12.1. The molecule has 78 valence electrons. The Labute approximate surface area is 83.6 Å². The lowest BCUT2D eigenvalue weighted by atomic mass is 10.2. The predicted octanol–water partition coefficient (Wildman–Crippen LogP) is 2.89. The molecule has 1 rings (SSSR count). The van der Waals surface area contributed by atoms with Gasteiger partial charge in [0.05, 0.1) is 0 Å². The minimum atomic E-state index is -4.27. The van der Waals surface area contributed by atoms with Crippen LogP contribution < -0.4 is 11.3 Å². The third-order valence-corrected chi connectivity index (χ3v) is 2.47. The lowest BCUT2D eigenvalue weighted by Gasteiger charge is -2.09. The molecule has 0 saturated heterocycles. The molecule has 0 atom stereocenters. The predicted molar refractivity (Wildman–Crippen MR) is 50.9 cm³/mol. The molecular formula is C8H9F3N2S. The summed E-state index contributed by atoms with van der Waals surface area (Å²) in [5, 5.41) is 0. The third kappa shape index (κ3) is 3.12. The molecule has 0 amide bonds. The summed E-state index contributed by atoms with van der Waals surface area (Å²) in [5.74, 6) is 5.09. The molecule has 0 heterocycles. The number of aryl methyl sites for hydroxylation is 1. The molecule has 0 fully saturated rings. The quantitative estimate of drug-likeness (QED) is 0.459. The Hall–Kier alpha value is -0.880. The van der Waals surface area contributed by atoms with Crippen molar-refractivity contribution in [3.05, 3.63) is 23.8 Å². The Kier molecular flexibility index (Phi) is 3.28. The Morgan fingerprint density at radius 3 is 2.50 bits per heavy atom. The standard InChI is InChI=1S/C8H9F3N2S/c1-5-2-3-6(13-12)4-7(5)14-8(9,10)11/h2-4,13H,12H2,1H3. The number of hydrogen-bond donors (Lipinski definition) is 2. The molecular weight excluding hydrogens is 213 g/mol. The fourth-order valence-corrected chi connectivity index (χ4v) is 1.59. The molecule has 0 unspecified atom stereocenters. The minimum Gasteiger partial charge on any atom is -0.324 e. The minimum absolute atomic E-state index is 0.139. The number of hydrogen-bond acceptors (Lipinski definition) is 3. The van der Waals surface area contributed by atoms with E-state index in [0.717, 1.165) is 0 Å². The van der Waals surface area contributed by atoms with E-state index in [2.05, 4.69) is 5.43 Å². The summed E-state index contributed by atoms with van der Waals surface area (Å²) < 4.78 is 36.2. The molecule has 2 nitrogen and oxygen atoms in total. The van der Waals surface area contributed by atoms with Crippen molar-refractivity contribution in [3.8, 4) is 0 Å². The first-order chi connectivity index (χ1) is 6.42. The summed E-state index contributed by atoms with van der Waals surface area (Å²) in [5.41, 5.74) is -0.930. The number of hydrazine groups is 1. The number of thioether (sulfide) groups is 1. The average molecular weight is 222 g/mol.